The Hall–Kier alpha value is -0.830. The smallest absolute Gasteiger partial charge is 0.0492 e. The molecule has 2 fully saturated rings. The molecule has 0 saturated heterocycles. The molecule has 1 N–H and O–H groups in total. The van der Waals surface area contributed by atoms with Crippen molar-refractivity contribution in [3.05, 3.63) is 18.0 Å². The van der Waals surface area contributed by atoms with Gasteiger partial charge in [0, 0.05) is 25.0 Å². The minimum Gasteiger partial charge on any atom is -0.314 e. The average molecular weight is 289 g/mol. The van der Waals surface area contributed by atoms with Gasteiger partial charge in [0.05, 0.1) is 0 Å². The van der Waals surface area contributed by atoms with E-state index in [0.29, 0.717) is 6.04 Å². The number of nitrogens with zero attached hydrogens (tertiary/aromatic N) is 2. The molecular weight excluding hydrogens is 258 g/mol. The van der Waals surface area contributed by atoms with Crippen molar-refractivity contribution in [3.8, 4) is 0 Å². The second-order valence-electron chi connectivity index (χ2n) is 7.31. The van der Waals surface area contributed by atoms with Gasteiger partial charge in [0.25, 0.3) is 0 Å². The third-order valence-corrected chi connectivity index (χ3v) is 5.83. The Balaban J connectivity index is 1.52. The fourth-order valence-electron chi connectivity index (χ4n) is 4.65. The second kappa shape index (κ2) is 6.95. The zero-order valence-electron chi connectivity index (χ0n) is 13.7. The lowest BCUT2D eigenvalue weighted by Crippen LogP contribution is -2.33. The molecule has 0 aliphatic heterocycles. The lowest BCUT2D eigenvalue weighted by molar-refractivity contribution is 0.271. The van der Waals surface area contributed by atoms with E-state index in [-0.39, 0.29) is 0 Å². The number of rotatable bonds is 8. The molecule has 21 heavy (non-hydrogen) atoms. The van der Waals surface area contributed by atoms with E-state index >= 15 is 0 Å². The van der Waals surface area contributed by atoms with E-state index in [9.17, 15) is 0 Å². The Morgan fingerprint density at radius 3 is 2.90 bits per heavy atom. The molecule has 0 amide bonds. The van der Waals surface area contributed by atoms with Gasteiger partial charge in [0.15, 0.2) is 0 Å². The van der Waals surface area contributed by atoms with Gasteiger partial charge in [0.1, 0.15) is 0 Å². The molecule has 2 saturated carbocycles. The molecular formula is C18H31N3. The number of hydrogen-bond acceptors (Lipinski definition) is 2. The summed E-state index contributed by atoms with van der Waals surface area (Å²) in [4.78, 5) is 0. The van der Waals surface area contributed by atoms with E-state index in [1.165, 1.54) is 50.6 Å². The Kier molecular flexibility index (Phi) is 4.99. The van der Waals surface area contributed by atoms with Crippen LogP contribution in [-0.4, -0.2) is 22.4 Å². The molecule has 2 aliphatic carbocycles. The molecule has 1 aromatic heterocycles. The minimum atomic E-state index is 0.698. The first-order valence-electron chi connectivity index (χ1n) is 8.96. The molecule has 4 unspecified atom stereocenters. The maximum absolute atomic E-state index is 4.29. The van der Waals surface area contributed by atoms with Crippen LogP contribution in [0.4, 0.5) is 0 Å². The van der Waals surface area contributed by atoms with Crippen molar-refractivity contribution in [2.45, 2.75) is 64.3 Å². The van der Waals surface area contributed by atoms with Gasteiger partial charge in [-0.3, -0.25) is 4.68 Å². The van der Waals surface area contributed by atoms with Crippen molar-refractivity contribution in [2.75, 3.05) is 6.54 Å². The second-order valence-corrected chi connectivity index (χ2v) is 7.31. The fraction of sp³-hybridized carbons (Fsp3) is 0.833. The lowest BCUT2D eigenvalue weighted by atomic mass is 9.83. The van der Waals surface area contributed by atoms with Crippen LogP contribution < -0.4 is 5.32 Å². The summed E-state index contributed by atoms with van der Waals surface area (Å²) in [6.45, 7) is 3.43. The van der Waals surface area contributed by atoms with Gasteiger partial charge in [-0.05, 0) is 75.3 Å². The molecule has 3 nitrogen and oxygen atoms in total. The van der Waals surface area contributed by atoms with Crippen molar-refractivity contribution in [1.82, 2.24) is 15.1 Å². The monoisotopic (exact) mass is 289 g/mol. The molecule has 3 rings (SSSR count). The molecule has 3 heteroatoms. The van der Waals surface area contributed by atoms with Crippen LogP contribution in [0, 0.1) is 17.8 Å². The quantitative estimate of drug-likeness (QED) is 0.793. The first kappa shape index (κ1) is 15.1. The summed E-state index contributed by atoms with van der Waals surface area (Å²) >= 11 is 0. The maximum atomic E-state index is 4.29. The predicted molar refractivity (Wildman–Crippen MR) is 87.2 cm³/mol. The van der Waals surface area contributed by atoms with Gasteiger partial charge in [-0.15, -0.1) is 0 Å². The number of fused-ring (bicyclic) bond motifs is 2. The minimum absolute atomic E-state index is 0.698. The van der Waals surface area contributed by atoms with Crippen molar-refractivity contribution in [3.63, 3.8) is 0 Å². The Bertz CT molecular complexity index is 439. The molecule has 0 aromatic carbocycles. The molecule has 2 bridgehead atoms. The summed E-state index contributed by atoms with van der Waals surface area (Å²) in [5, 5.41) is 8.10. The van der Waals surface area contributed by atoms with E-state index in [4.69, 9.17) is 0 Å². The zero-order valence-corrected chi connectivity index (χ0v) is 13.7. The summed E-state index contributed by atoms with van der Waals surface area (Å²) in [6.07, 6.45) is 13.0. The van der Waals surface area contributed by atoms with Gasteiger partial charge in [0.2, 0.25) is 0 Å². The van der Waals surface area contributed by atoms with E-state index in [2.05, 4.69) is 30.5 Å². The standard InChI is InChI=1S/C18H31N3/c1-3-9-19-17(6-7-18-8-10-20-21(18)2)13-16-12-14-4-5-15(16)11-14/h8,10,14-17,19H,3-7,9,11-13H2,1-2H3. The zero-order chi connectivity index (χ0) is 14.7. The molecule has 1 heterocycles. The molecule has 118 valence electrons. The third-order valence-electron chi connectivity index (χ3n) is 5.83. The van der Waals surface area contributed by atoms with Crippen molar-refractivity contribution < 1.29 is 0 Å². The molecule has 4 atom stereocenters. The topological polar surface area (TPSA) is 29.9 Å². The van der Waals surface area contributed by atoms with Crippen LogP contribution in [0.25, 0.3) is 0 Å². The van der Waals surface area contributed by atoms with Crippen molar-refractivity contribution >= 4 is 0 Å². The Labute approximate surface area is 129 Å². The van der Waals surface area contributed by atoms with Crippen LogP contribution in [0.3, 0.4) is 0 Å². The molecule has 2 aliphatic rings. The van der Waals surface area contributed by atoms with Crippen LogP contribution >= 0.6 is 0 Å². The molecule has 0 radical (unpaired) electrons. The summed E-state index contributed by atoms with van der Waals surface area (Å²) < 4.78 is 2.02. The number of hydrogen-bond donors (Lipinski definition) is 1. The highest BCUT2D eigenvalue weighted by Gasteiger charge is 2.39. The van der Waals surface area contributed by atoms with Crippen LogP contribution in [0.1, 0.15) is 57.6 Å². The van der Waals surface area contributed by atoms with Crippen LogP contribution in [-0.2, 0) is 13.5 Å². The largest absolute Gasteiger partial charge is 0.314 e. The highest BCUT2D eigenvalue weighted by atomic mass is 15.2. The predicted octanol–water partition coefficient (Wildman–Crippen LogP) is 3.55. The number of nitrogens with one attached hydrogen (secondary N) is 1. The first-order chi connectivity index (χ1) is 10.3. The first-order valence-corrected chi connectivity index (χ1v) is 8.96. The SMILES string of the molecule is CCCNC(CCc1ccnn1C)CC1CC2CCC1C2. The molecule has 0 spiro atoms. The van der Waals surface area contributed by atoms with Crippen molar-refractivity contribution in [2.24, 2.45) is 24.8 Å². The van der Waals surface area contributed by atoms with E-state index < -0.39 is 0 Å². The van der Waals surface area contributed by atoms with E-state index in [0.717, 1.165) is 30.7 Å². The lowest BCUT2D eigenvalue weighted by Gasteiger charge is -2.27. The number of aryl methyl sites for hydroxylation is 2. The fourth-order valence-corrected chi connectivity index (χ4v) is 4.65. The summed E-state index contributed by atoms with van der Waals surface area (Å²) in [6, 6.07) is 2.86. The highest BCUT2D eigenvalue weighted by Crippen LogP contribution is 2.50. The highest BCUT2D eigenvalue weighted by molar-refractivity contribution is 5.01. The summed E-state index contributed by atoms with van der Waals surface area (Å²) in [5.41, 5.74) is 1.37. The van der Waals surface area contributed by atoms with E-state index in [1.807, 2.05) is 10.9 Å². The van der Waals surface area contributed by atoms with Crippen LogP contribution in [0.15, 0.2) is 12.3 Å². The Morgan fingerprint density at radius 1 is 1.38 bits per heavy atom. The normalized spacial score (nSPS) is 29.1. The van der Waals surface area contributed by atoms with Crippen LogP contribution in [0.2, 0.25) is 0 Å². The van der Waals surface area contributed by atoms with E-state index in [1.54, 1.807) is 0 Å². The van der Waals surface area contributed by atoms with Gasteiger partial charge < -0.3 is 5.32 Å². The van der Waals surface area contributed by atoms with Gasteiger partial charge >= 0.3 is 0 Å². The van der Waals surface area contributed by atoms with Crippen molar-refractivity contribution in [1.29, 1.82) is 0 Å². The summed E-state index contributed by atoms with van der Waals surface area (Å²) in [7, 11) is 2.06. The maximum Gasteiger partial charge on any atom is 0.0492 e. The average Bonchev–Trinajstić information content (AvgIpc) is 3.19. The van der Waals surface area contributed by atoms with Gasteiger partial charge in [-0.25, -0.2) is 0 Å². The third kappa shape index (κ3) is 3.68. The molecule has 1 aromatic rings. The summed E-state index contributed by atoms with van der Waals surface area (Å²) in [5.74, 6) is 3.13. The van der Waals surface area contributed by atoms with Gasteiger partial charge in [-0.1, -0.05) is 13.3 Å². The van der Waals surface area contributed by atoms with Crippen LogP contribution in [0.5, 0.6) is 0 Å². The van der Waals surface area contributed by atoms with Gasteiger partial charge in [-0.2, -0.15) is 5.10 Å². The number of aromatic nitrogens is 2. The Morgan fingerprint density at radius 2 is 2.29 bits per heavy atom.